The number of amides is 1. The molecule has 0 bridgehead atoms. The number of ketones is 1. The van der Waals surface area contributed by atoms with Gasteiger partial charge in [-0.2, -0.15) is 0 Å². The minimum Gasteiger partial charge on any atom is -0.507 e. The Kier molecular flexibility index (Phi) is 8.31. The van der Waals surface area contributed by atoms with Crippen molar-refractivity contribution in [2.24, 2.45) is 0 Å². The lowest BCUT2D eigenvalue weighted by atomic mass is 9.94. The zero-order valence-corrected chi connectivity index (χ0v) is 22.4. The van der Waals surface area contributed by atoms with E-state index in [-0.39, 0.29) is 11.3 Å². The van der Waals surface area contributed by atoms with Crippen molar-refractivity contribution in [2.45, 2.75) is 18.9 Å². The molecule has 0 saturated carbocycles. The molecule has 2 heterocycles. The number of Topliss-reactive ketones (excluding diaryl/α,β-unsaturated/α-hetero) is 1. The average Bonchev–Trinajstić information content (AvgIpc) is 3.56. The topological polar surface area (TPSA) is 107 Å². The first-order chi connectivity index (χ1) is 18.4. The van der Waals surface area contributed by atoms with Gasteiger partial charge >= 0.3 is 0 Å². The molecule has 10 heteroatoms. The molecule has 2 saturated heterocycles. The van der Waals surface area contributed by atoms with Crippen LogP contribution in [0.15, 0.2) is 35.9 Å². The van der Waals surface area contributed by atoms with Gasteiger partial charge in [0.2, 0.25) is 5.75 Å². The molecule has 2 aliphatic rings. The highest BCUT2D eigenvalue weighted by atomic mass is 16.5. The van der Waals surface area contributed by atoms with E-state index in [1.165, 1.54) is 40.4 Å². The first kappa shape index (κ1) is 27.1. The third kappa shape index (κ3) is 4.96. The Morgan fingerprint density at radius 2 is 1.42 bits per heavy atom. The molecule has 1 amide bonds. The maximum absolute atomic E-state index is 13.5. The number of carbonyl (C=O) groups excluding carboxylic acids is 2. The largest absolute Gasteiger partial charge is 0.507 e. The maximum Gasteiger partial charge on any atom is 0.295 e. The van der Waals surface area contributed by atoms with E-state index in [2.05, 4.69) is 4.90 Å². The number of methoxy groups -OCH3 is 5. The van der Waals surface area contributed by atoms with Crippen LogP contribution < -0.4 is 23.7 Å². The summed E-state index contributed by atoms with van der Waals surface area (Å²) in [6.07, 6.45) is 2.21. The van der Waals surface area contributed by atoms with E-state index in [4.69, 9.17) is 23.7 Å². The third-order valence-electron chi connectivity index (χ3n) is 7.06. The Morgan fingerprint density at radius 1 is 0.816 bits per heavy atom. The summed E-state index contributed by atoms with van der Waals surface area (Å²) in [6, 6.07) is 7.33. The summed E-state index contributed by atoms with van der Waals surface area (Å²) in [5.41, 5.74) is 0.831. The summed E-state index contributed by atoms with van der Waals surface area (Å²) < 4.78 is 27.2. The molecule has 2 fully saturated rings. The Labute approximate surface area is 222 Å². The Balaban J connectivity index is 1.87. The van der Waals surface area contributed by atoms with Gasteiger partial charge in [0.05, 0.1) is 47.2 Å². The molecule has 0 radical (unpaired) electrons. The summed E-state index contributed by atoms with van der Waals surface area (Å²) in [4.78, 5) is 30.6. The van der Waals surface area contributed by atoms with Gasteiger partial charge in [-0.15, -0.1) is 0 Å². The predicted octanol–water partition coefficient (Wildman–Crippen LogP) is 3.25. The molecular weight excluding hydrogens is 492 g/mol. The van der Waals surface area contributed by atoms with E-state index >= 15 is 0 Å². The van der Waals surface area contributed by atoms with Crippen LogP contribution in [-0.4, -0.2) is 88.3 Å². The minimum atomic E-state index is -0.876. The van der Waals surface area contributed by atoms with Crippen LogP contribution in [0.3, 0.4) is 0 Å². The van der Waals surface area contributed by atoms with Crippen LogP contribution >= 0.6 is 0 Å². The molecule has 1 atom stereocenters. The van der Waals surface area contributed by atoms with Crippen LogP contribution in [-0.2, 0) is 9.59 Å². The minimum absolute atomic E-state index is 0.0297. The molecule has 4 rings (SSSR count). The third-order valence-corrected chi connectivity index (χ3v) is 7.06. The average molecular weight is 527 g/mol. The van der Waals surface area contributed by atoms with Crippen LogP contribution in [0, 0.1) is 0 Å². The van der Waals surface area contributed by atoms with Gasteiger partial charge in [0.15, 0.2) is 23.0 Å². The van der Waals surface area contributed by atoms with Gasteiger partial charge < -0.3 is 38.6 Å². The van der Waals surface area contributed by atoms with Crippen molar-refractivity contribution in [1.29, 1.82) is 0 Å². The highest BCUT2D eigenvalue weighted by Crippen LogP contribution is 2.46. The zero-order valence-electron chi connectivity index (χ0n) is 22.4. The van der Waals surface area contributed by atoms with Gasteiger partial charge in [-0.1, -0.05) is 0 Å². The quantitative estimate of drug-likeness (QED) is 0.284. The number of carbonyl (C=O) groups is 2. The van der Waals surface area contributed by atoms with E-state index in [1.54, 1.807) is 30.3 Å². The highest BCUT2D eigenvalue weighted by molar-refractivity contribution is 6.46. The van der Waals surface area contributed by atoms with Crippen LogP contribution in [0.5, 0.6) is 28.7 Å². The van der Waals surface area contributed by atoms with E-state index in [1.807, 2.05) is 0 Å². The number of nitrogens with zero attached hydrogens (tertiary/aromatic N) is 2. The Bertz CT molecular complexity index is 1210. The molecule has 204 valence electrons. The summed E-state index contributed by atoms with van der Waals surface area (Å²) in [7, 11) is 7.48. The molecule has 0 aromatic heterocycles. The number of hydrogen-bond acceptors (Lipinski definition) is 9. The monoisotopic (exact) mass is 526 g/mol. The second-order valence-electron chi connectivity index (χ2n) is 9.07. The summed E-state index contributed by atoms with van der Waals surface area (Å²) in [5, 5.41) is 11.5. The van der Waals surface area contributed by atoms with Crippen molar-refractivity contribution in [3.8, 4) is 28.7 Å². The molecule has 0 aliphatic carbocycles. The molecule has 1 N–H and O–H groups in total. The van der Waals surface area contributed by atoms with E-state index < -0.39 is 17.7 Å². The van der Waals surface area contributed by atoms with Crippen molar-refractivity contribution in [2.75, 3.05) is 61.7 Å². The number of rotatable bonds is 10. The first-order valence-corrected chi connectivity index (χ1v) is 12.4. The van der Waals surface area contributed by atoms with Crippen LogP contribution in [0.2, 0.25) is 0 Å². The number of aliphatic hydroxyl groups excluding tert-OH is 1. The standard InChI is InChI=1S/C28H34N2O8/c1-34-19-9-8-17(14-20(19)35-2)25(31)23-24(18-15-21(36-3)27(38-5)22(16-18)37-4)30(28(33)26(23)32)13-12-29-10-6-7-11-29/h8-9,14-16,24,31H,6-7,10-13H2,1-5H3/t24-/m0/s1. The van der Waals surface area contributed by atoms with Crippen molar-refractivity contribution < 1.29 is 38.4 Å². The Morgan fingerprint density at radius 3 is 1.97 bits per heavy atom. The molecule has 2 aromatic rings. The van der Waals surface area contributed by atoms with Crippen LogP contribution in [0.25, 0.3) is 5.76 Å². The Hall–Kier alpha value is -3.92. The summed E-state index contributed by atoms with van der Waals surface area (Å²) in [5.74, 6) is 0.221. The number of likely N-dealkylation sites (tertiary alicyclic amines) is 2. The van der Waals surface area contributed by atoms with Crippen molar-refractivity contribution in [3.63, 3.8) is 0 Å². The maximum atomic E-state index is 13.5. The van der Waals surface area contributed by atoms with Crippen LogP contribution in [0.4, 0.5) is 0 Å². The molecule has 0 unspecified atom stereocenters. The fourth-order valence-electron chi connectivity index (χ4n) is 5.11. The molecule has 38 heavy (non-hydrogen) atoms. The molecule has 0 spiro atoms. The van der Waals surface area contributed by atoms with E-state index in [0.717, 1.165) is 25.9 Å². The van der Waals surface area contributed by atoms with Crippen molar-refractivity contribution >= 4 is 17.4 Å². The fraction of sp³-hybridized carbons (Fsp3) is 0.429. The number of ether oxygens (including phenoxy) is 5. The van der Waals surface area contributed by atoms with Crippen molar-refractivity contribution in [1.82, 2.24) is 9.80 Å². The summed E-state index contributed by atoms with van der Waals surface area (Å²) >= 11 is 0. The van der Waals surface area contributed by atoms with Crippen molar-refractivity contribution in [3.05, 3.63) is 47.0 Å². The van der Waals surface area contributed by atoms with Gasteiger partial charge in [0, 0.05) is 18.7 Å². The van der Waals surface area contributed by atoms with Gasteiger partial charge in [0.1, 0.15) is 5.76 Å². The molecule has 10 nitrogen and oxygen atoms in total. The smallest absolute Gasteiger partial charge is 0.295 e. The molecule has 2 aromatic carbocycles. The second-order valence-corrected chi connectivity index (χ2v) is 9.07. The van der Waals surface area contributed by atoms with E-state index in [9.17, 15) is 14.7 Å². The van der Waals surface area contributed by atoms with Gasteiger partial charge in [-0.3, -0.25) is 9.59 Å². The summed E-state index contributed by atoms with van der Waals surface area (Å²) in [6.45, 7) is 2.83. The SMILES string of the molecule is COc1ccc(C(O)=C2C(=O)C(=O)N(CCN3CCCC3)[C@H]2c2cc(OC)c(OC)c(OC)c2)cc1OC. The number of aliphatic hydroxyl groups is 1. The van der Waals surface area contributed by atoms with Crippen LogP contribution in [0.1, 0.15) is 30.0 Å². The number of hydrogen-bond donors (Lipinski definition) is 1. The lowest BCUT2D eigenvalue weighted by Crippen LogP contribution is -2.37. The van der Waals surface area contributed by atoms with Gasteiger partial charge in [0.25, 0.3) is 11.7 Å². The van der Waals surface area contributed by atoms with Gasteiger partial charge in [-0.05, 0) is 61.8 Å². The predicted molar refractivity (Wildman–Crippen MR) is 140 cm³/mol. The fourth-order valence-corrected chi connectivity index (χ4v) is 5.11. The molecule has 2 aliphatic heterocycles. The first-order valence-electron chi connectivity index (χ1n) is 12.4. The zero-order chi connectivity index (χ0) is 27.4. The second kappa shape index (κ2) is 11.6. The van der Waals surface area contributed by atoms with Gasteiger partial charge in [-0.25, -0.2) is 0 Å². The lowest BCUT2D eigenvalue weighted by molar-refractivity contribution is -0.140. The highest BCUT2D eigenvalue weighted by Gasteiger charge is 2.46. The van der Waals surface area contributed by atoms with E-state index in [0.29, 0.717) is 53.0 Å². The molecular formula is C28H34N2O8. The normalized spacial score (nSPS) is 19.1. The lowest BCUT2D eigenvalue weighted by Gasteiger charge is -2.28. The number of benzene rings is 2.